The minimum absolute atomic E-state index is 0.0819. The Hall–Kier alpha value is -2.25. The van der Waals surface area contributed by atoms with Crippen LogP contribution in [0.5, 0.6) is 0 Å². The summed E-state index contributed by atoms with van der Waals surface area (Å²) >= 11 is 0. The highest BCUT2D eigenvalue weighted by Crippen LogP contribution is 2.81. The van der Waals surface area contributed by atoms with E-state index in [4.69, 9.17) is 24.1 Å². The van der Waals surface area contributed by atoms with Gasteiger partial charge in [-0.2, -0.15) is 0 Å². The van der Waals surface area contributed by atoms with Crippen molar-refractivity contribution in [3.63, 3.8) is 0 Å². The standard InChI is InChI=1S/C23H28O11/c1-20-10-22(30)15-7-23(20,32-9-14(26)17(28)16(27)13(25)8-24)21(15,19(33-20)34-22)11-31-18(29)12-5-3-2-4-6-12/h2-6,9,13,15-17,19,24-28,30H,7-8,10-11H2,1H3/b14-9+/t13?,15-,16+,17?,19?,20?,21-,22?,23?/m0/s1. The van der Waals surface area contributed by atoms with Gasteiger partial charge in [-0.3, -0.25) is 0 Å². The molecule has 0 spiro atoms. The van der Waals surface area contributed by atoms with Crippen LogP contribution in [0.15, 0.2) is 42.4 Å². The summed E-state index contributed by atoms with van der Waals surface area (Å²) < 4.78 is 23.5. The Bertz CT molecular complexity index is 1000. The molecule has 6 aliphatic rings. The molecule has 6 fully saturated rings. The van der Waals surface area contributed by atoms with E-state index in [1.54, 1.807) is 37.3 Å². The fourth-order valence-electron chi connectivity index (χ4n) is 6.23. The second-order valence-electron chi connectivity index (χ2n) is 9.73. The van der Waals surface area contributed by atoms with Gasteiger partial charge in [0.25, 0.3) is 0 Å². The highest BCUT2D eigenvalue weighted by molar-refractivity contribution is 5.89. The van der Waals surface area contributed by atoms with Crippen LogP contribution in [0.2, 0.25) is 0 Å². The number of carbonyl (C=O) groups excluding carboxylic acids is 1. The van der Waals surface area contributed by atoms with Gasteiger partial charge >= 0.3 is 5.97 Å². The van der Waals surface area contributed by atoms with E-state index in [1.807, 2.05) is 0 Å². The maximum Gasteiger partial charge on any atom is 0.338 e. The molecule has 186 valence electrons. The number of ether oxygens (including phenoxy) is 4. The average Bonchev–Trinajstić information content (AvgIpc) is 3.01. The molecule has 1 aromatic rings. The zero-order valence-corrected chi connectivity index (χ0v) is 18.4. The fraction of sp³-hybridized carbons (Fsp3) is 0.609. The van der Waals surface area contributed by atoms with Crippen LogP contribution < -0.4 is 0 Å². The highest BCUT2D eigenvalue weighted by atomic mass is 16.8. The van der Waals surface area contributed by atoms with Crippen molar-refractivity contribution < 1.29 is 54.4 Å². The first-order valence-electron chi connectivity index (χ1n) is 11.1. The van der Waals surface area contributed by atoms with Crippen molar-refractivity contribution in [1.82, 2.24) is 0 Å². The molecule has 1 aromatic carbocycles. The van der Waals surface area contributed by atoms with E-state index in [-0.39, 0.29) is 19.4 Å². The summed E-state index contributed by atoms with van der Waals surface area (Å²) in [6, 6.07) is 8.41. The molecular weight excluding hydrogens is 452 g/mol. The summed E-state index contributed by atoms with van der Waals surface area (Å²) in [5.41, 5.74) is -2.97. The van der Waals surface area contributed by atoms with E-state index in [1.165, 1.54) is 0 Å². The van der Waals surface area contributed by atoms with Crippen molar-refractivity contribution in [2.75, 3.05) is 13.2 Å². The summed E-state index contributed by atoms with van der Waals surface area (Å²) in [5.74, 6) is -3.29. The van der Waals surface area contributed by atoms with Gasteiger partial charge in [0.05, 0.1) is 12.2 Å². The molecule has 11 heteroatoms. The zero-order valence-electron chi connectivity index (χ0n) is 18.4. The first-order valence-corrected chi connectivity index (χ1v) is 11.1. The number of aliphatic hydroxyl groups excluding tert-OH is 5. The van der Waals surface area contributed by atoms with Gasteiger partial charge in [-0.05, 0) is 25.5 Å². The molecular formula is C23H28O11. The molecule has 11 nitrogen and oxygen atoms in total. The number of esters is 1. The number of aliphatic hydroxyl groups is 6. The summed E-state index contributed by atoms with van der Waals surface area (Å²) in [6.45, 7) is 0.726. The largest absolute Gasteiger partial charge is 0.506 e. The Balaban J connectivity index is 1.41. The Morgan fingerprint density at radius 1 is 1.24 bits per heavy atom. The molecule has 3 aliphatic heterocycles. The summed E-state index contributed by atoms with van der Waals surface area (Å²) in [7, 11) is 0. The normalized spacial score (nSPS) is 42.1. The number of benzene rings is 1. The van der Waals surface area contributed by atoms with Crippen LogP contribution in [0.4, 0.5) is 0 Å². The van der Waals surface area contributed by atoms with Gasteiger partial charge in [0.2, 0.25) is 0 Å². The first-order chi connectivity index (χ1) is 16.0. The van der Waals surface area contributed by atoms with Crippen LogP contribution in [0.3, 0.4) is 0 Å². The van der Waals surface area contributed by atoms with E-state index >= 15 is 0 Å². The van der Waals surface area contributed by atoms with Crippen molar-refractivity contribution in [2.45, 2.75) is 61.4 Å². The lowest BCUT2D eigenvalue weighted by Gasteiger charge is -2.66. The minimum Gasteiger partial charge on any atom is -0.506 e. The first kappa shape index (κ1) is 23.5. The number of carbonyl (C=O) groups is 1. The second kappa shape index (κ2) is 7.62. The molecule has 6 N–H and O–H groups in total. The minimum atomic E-state index is -1.93. The predicted molar refractivity (Wildman–Crippen MR) is 111 cm³/mol. The van der Waals surface area contributed by atoms with Crippen molar-refractivity contribution in [1.29, 1.82) is 0 Å². The number of rotatable bonds is 9. The molecule has 0 amide bonds. The summed E-state index contributed by atoms with van der Waals surface area (Å²) in [5, 5.41) is 59.8. The monoisotopic (exact) mass is 480 g/mol. The van der Waals surface area contributed by atoms with Crippen molar-refractivity contribution in [3.8, 4) is 0 Å². The molecule has 7 rings (SSSR count). The van der Waals surface area contributed by atoms with Crippen LogP contribution >= 0.6 is 0 Å². The summed E-state index contributed by atoms with van der Waals surface area (Å²) in [6.07, 6.45) is -5.20. The molecule has 3 aliphatic carbocycles. The molecule has 3 saturated carbocycles. The molecule has 6 bridgehead atoms. The van der Waals surface area contributed by atoms with Gasteiger partial charge in [-0.25, -0.2) is 4.79 Å². The quantitative estimate of drug-likeness (QED) is 0.195. The Morgan fingerprint density at radius 3 is 2.62 bits per heavy atom. The van der Waals surface area contributed by atoms with Crippen molar-refractivity contribution in [2.24, 2.45) is 11.3 Å². The molecule has 9 atom stereocenters. The molecule has 3 heterocycles. The van der Waals surface area contributed by atoms with E-state index in [2.05, 4.69) is 0 Å². The van der Waals surface area contributed by atoms with Gasteiger partial charge in [-0.1, -0.05) is 18.2 Å². The Labute approximate surface area is 194 Å². The molecule has 0 radical (unpaired) electrons. The smallest absolute Gasteiger partial charge is 0.338 e. The lowest BCUT2D eigenvalue weighted by molar-refractivity contribution is -0.384. The van der Waals surface area contributed by atoms with Crippen LogP contribution in [0.1, 0.15) is 30.1 Å². The molecule has 3 saturated heterocycles. The van der Waals surface area contributed by atoms with E-state index in [9.17, 15) is 30.3 Å². The Morgan fingerprint density at radius 2 is 1.94 bits per heavy atom. The highest BCUT2D eigenvalue weighted by Gasteiger charge is 2.95. The third-order valence-corrected chi connectivity index (χ3v) is 7.99. The maximum absolute atomic E-state index is 12.6. The topological polar surface area (TPSA) is 175 Å². The van der Waals surface area contributed by atoms with Gasteiger partial charge in [0, 0.05) is 12.3 Å². The third-order valence-electron chi connectivity index (χ3n) is 7.99. The van der Waals surface area contributed by atoms with Gasteiger partial charge in [-0.15, -0.1) is 0 Å². The average molecular weight is 480 g/mol. The lowest BCUT2D eigenvalue weighted by atomic mass is 9.41. The van der Waals surface area contributed by atoms with Crippen LogP contribution in [0, 0.1) is 11.3 Å². The van der Waals surface area contributed by atoms with Gasteiger partial charge < -0.3 is 49.6 Å². The van der Waals surface area contributed by atoms with Crippen molar-refractivity contribution >= 4 is 5.97 Å². The summed E-state index contributed by atoms with van der Waals surface area (Å²) in [4.78, 5) is 12.6. The predicted octanol–water partition coefficient (Wildman–Crippen LogP) is -0.683. The molecule has 34 heavy (non-hydrogen) atoms. The SMILES string of the molecule is CC12CC3(O)OC(O1)[C@]1(COC(=O)c4ccccc4)[C@@H]3CC21O/C=C(/O)C(O)[C@H](O)C(O)CO. The van der Waals surface area contributed by atoms with E-state index in [0.29, 0.717) is 5.56 Å². The maximum atomic E-state index is 12.6. The second-order valence-corrected chi connectivity index (χ2v) is 9.73. The van der Waals surface area contributed by atoms with Crippen LogP contribution in [0.25, 0.3) is 0 Å². The van der Waals surface area contributed by atoms with Crippen LogP contribution in [-0.2, 0) is 18.9 Å². The van der Waals surface area contributed by atoms with Crippen molar-refractivity contribution in [3.05, 3.63) is 47.9 Å². The number of hydrogen-bond acceptors (Lipinski definition) is 11. The van der Waals surface area contributed by atoms with E-state index in [0.717, 1.165) is 6.26 Å². The third kappa shape index (κ3) is 2.86. The zero-order chi connectivity index (χ0) is 24.5. The molecule has 6 unspecified atom stereocenters. The Kier molecular flexibility index (Phi) is 5.27. The van der Waals surface area contributed by atoms with E-state index < -0.39 is 71.3 Å². The van der Waals surface area contributed by atoms with Gasteiger partial charge in [0.15, 0.2) is 23.4 Å². The lowest BCUT2D eigenvalue weighted by Crippen LogP contribution is -2.79. The fourth-order valence-corrected chi connectivity index (χ4v) is 6.23. The van der Waals surface area contributed by atoms with Crippen LogP contribution in [-0.4, -0.2) is 91.4 Å². The number of hydrogen-bond donors (Lipinski definition) is 6. The van der Waals surface area contributed by atoms with Gasteiger partial charge in [0.1, 0.15) is 42.2 Å². The molecule has 0 aromatic heterocycles.